The number of nitrogens with one attached hydrogen (secondary N) is 1. The second-order valence-electron chi connectivity index (χ2n) is 7.25. The summed E-state index contributed by atoms with van der Waals surface area (Å²) in [7, 11) is 0. The van der Waals surface area contributed by atoms with Crippen molar-refractivity contribution in [3.8, 4) is 17.0 Å². The third-order valence-electron chi connectivity index (χ3n) is 5.01. The molecule has 1 unspecified atom stereocenters. The average molecular weight is 405 g/mol. The van der Waals surface area contributed by atoms with Crippen molar-refractivity contribution in [2.45, 2.75) is 39.8 Å². The molecule has 3 rings (SSSR count). The molecule has 0 radical (unpaired) electrons. The van der Waals surface area contributed by atoms with E-state index in [9.17, 15) is 9.59 Å². The number of amides is 1. The van der Waals surface area contributed by atoms with Crippen LogP contribution < -0.4 is 15.6 Å². The Bertz CT molecular complexity index is 1060. The van der Waals surface area contributed by atoms with E-state index >= 15 is 0 Å². The van der Waals surface area contributed by atoms with Gasteiger partial charge in [-0.15, -0.1) is 0 Å². The number of carbonyl (C=O) groups excluding carboxylic acids is 1. The normalized spacial score (nSPS) is 11.7. The monoisotopic (exact) mass is 405 g/mol. The number of hydrogen-bond acceptors (Lipinski definition) is 4. The first-order valence-corrected chi connectivity index (χ1v) is 10.1. The molecular weight excluding hydrogens is 378 g/mol. The summed E-state index contributed by atoms with van der Waals surface area (Å²) in [5.41, 5.74) is 3.69. The molecule has 30 heavy (non-hydrogen) atoms. The highest BCUT2D eigenvalue weighted by Gasteiger charge is 2.15. The quantitative estimate of drug-likeness (QED) is 0.582. The molecular formula is C24H27N3O3. The van der Waals surface area contributed by atoms with Gasteiger partial charge in [-0.2, -0.15) is 5.10 Å². The second-order valence-corrected chi connectivity index (χ2v) is 7.25. The molecule has 6 heteroatoms. The number of nitrogens with zero attached hydrogens (tertiary/aromatic N) is 2. The molecule has 3 aromatic rings. The fraction of sp³-hybridized carbons (Fsp3) is 0.292. The van der Waals surface area contributed by atoms with Crippen LogP contribution in [0.3, 0.4) is 0 Å². The first kappa shape index (κ1) is 21.3. The molecule has 0 bridgehead atoms. The first-order valence-electron chi connectivity index (χ1n) is 10.1. The smallest absolute Gasteiger partial charge is 0.266 e. The Balaban J connectivity index is 1.51. The molecule has 0 aliphatic heterocycles. The van der Waals surface area contributed by atoms with E-state index in [1.807, 2.05) is 62.4 Å². The minimum absolute atomic E-state index is 0.160. The lowest BCUT2D eigenvalue weighted by Crippen LogP contribution is -2.37. The summed E-state index contributed by atoms with van der Waals surface area (Å²) in [4.78, 5) is 24.4. The zero-order chi connectivity index (χ0) is 21.5. The van der Waals surface area contributed by atoms with E-state index < -0.39 is 6.10 Å². The predicted octanol–water partition coefficient (Wildman–Crippen LogP) is 3.50. The molecule has 0 spiro atoms. The molecule has 1 atom stereocenters. The van der Waals surface area contributed by atoms with Gasteiger partial charge in [-0.3, -0.25) is 9.59 Å². The zero-order valence-corrected chi connectivity index (χ0v) is 17.6. The van der Waals surface area contributed by atoms with Crippen molar-refractivity contribution >= 4 is 5.91 Å². The first-order chi connectivity index (χ1) is 14.5. The second kappa shape index (κ2) is 9.87. The van der Waals surface area contributed by atoms with Crippen LogP contribution in [0.5, 0.6) is 5.75 Å². The number of ether oxygens (including phenoxy) is 1. The number of aromatic nitrogens is 2. The highest BCUT2D eigenvalue weighted by Crippen LogP contribution is 2.21. The van der Waals surface area contributed by atoms with Gasteiger partial charge in [0, 0.05) is 24.7 Å². The topological polar surface area (TPSA) is 73.2 Å². The van der Waals surface area contributed by atoms with Crippen molar-refractivity contribution in [1.82, 2.24) is 15.1 Å². The van der Waals surface area contributed by atoms with Gasteiger partial charge < -0.3 is 10.1 Å². The van der Waals surface area contributed by atoms with Crippen molar-refractivity contribution < 1.29 is 9.53 Å². The highest BCUT2D eigenvalue weighted by molar-refractivity contribution is 5.80. The number of aryl methyl sites for hydroxylation is 2. The Hall–Kier alpha value is -3.41. The predicted molar refractivity (Wildman–Crippen MR) is 118 cm³/mol. The SMILES string of the molecule is Cc1cccc(OC(C)C(=O)NCCCn2nc(-c3ccccc3)ccc2=O)c1C. The molecule has 1 heterocycles. The lowest BCUT2D eigenvalue weighted by Gasteiger charge is -2.17. The van der Waals surface area contributed by atoms with E-state index in [0.29, 0.717) is 25.3 Å². The van der Waals surface area contributed by atoms with Gasteiger partial charge in [0.2, 0.25) is 0 Å². The third-order valence-corrected chi connectivity index (χ3v) is 5.01. The van der Waals surface area contributed by atoms with Crippen LogP contribution in [0.25, 0.3) is 11.3 Å². The molecule has 6 nitrogen and oxygen atoms in total. The van der Waals surface area contributed by atoms with E-state index in [4.69, 9.17) is 4.74 Å². The van der Waals surface area contributed by atoms with Gasteiger partial charge in [-0.05, 0) is 50.5 Å². The lowest BCUT2D eigenvalue weighted by molar-refractivity contribution is -0.127. The molecule has 0 fully saturated rings. The van der Waals surface area contributed by atoms with E-state index in [1.165, 1.54) is 10.7 Å². The van der Waals surface area contributed by atoms with Crippen LogP contribution in [-0.2, 0) is 11.3 Å². The number of hydrogen-bond donors (Lipinski definition) is 1. The van der Waals surface area contributed by atoms with E-state index in [2.05, 4.69) is 10.4 Å². The van der Waals surface area contributed by atoms with Crippen molar-refractivity contribution in [2.24, 2.45) is 0 Å². The summed E-state index contributed by atoms with van der Waals surface area (Å²) >= 11 is 0. The molecule has 156 valence electrons. The highest BCUT2D eigenvalue weighted by atomic mass is 16.5. The zero-order valence-electron chi connectivity index (χ0n) is 17.6. The van der Waals surface area contributed by atoms with Crippen LogP contribution in [0, 0.1) is 13.8 Å². The fourth-order valence-electron chi connectivity index (χ4n) is 3.05. The van der Waals surface area contributed by atoms with E-state index in [-0.39, 0.29) is 11.5 Å². The third kappa shape index (κ3) is 5.35. The summed E-state index contributed by atoms with van der Waals surface area (Å²) in [5.74, 6) is 0.528. The standard InChI is InChI=1S/C24H27N3O3/c1-17-9-7-12-22(18(17)2)30-19(3)24(29)25-15-8-16-27-23(28)14-13-21(26-27)20-10-5-4-6-11-20/h4-7,9-14,19H,8,15-16H2,1-3H3,(H,25,29). The van der Waals surface area contributed by atoms with Gasteiger partial charge in [0.15, 0.2) is 6.10 Å². The summed E-state index contributed by atoms with van der Waals surface area (Å²) in [6, 6.07) is 18.7. The minimum Gasteiger partial charge on any atom is -0.481 e. The molecule has 1 amide bonds. The molecule has 2 aromatic carbocycles. The van der Waals surface area contributed by atoms with Crippen molar-refractivity contribution in [3.05, 3.63) is 82.1 Å². The fourth-order valence-corrected chi connectivity index (χ4v) is 3.05. The summed E-state index contributed by atoms with van der Waals surface area (Å²) in [6.45, 7) is 6.57. The van der Waals surface area contributed by atoms with Gasteiger partial charge in [-0.25, -0.2) is 4.68 Å². The van der Waals surface area contributed by atoms with Crippen LogP contribution in [0.2, 0.25) is 0 Å². The van der Waals surface area contributed by atoms with Gasteiger partial charge in [-0.1, -0.05) is 42.5 Å². The van der Waals surface area contributed by atoms with Crippen LogP contribution in [0.4, 0.5) is 0 Å². The van der Waals surface area contributed by atoms with Crippen LogP contribution in [0.15, 0.2) is 65.5 Å². The van der Waals surface area contributed by atoms with Gasteiger partial charge in [0.25, 0.3) is 11.5 Å². The van der Waals surface area contributed by atoms with Crippen molar-refractivity contribution in [1.29, 1.82) is 0 Å². The van der Waals surface area contributed by atoms with Gasteiger partial charge >= 0.3 is 0 Å². The molecule has 0 aliphatic rings. The Morgan fingerprint density at radius 2 is 1.83 bits per heavy atom. The van der Waals surface area contributed by atoms with Gasteiger partial charge in [0.05, 0.1) is 5.69 Å². The Morgan fingerprint density at radius 1 is 1.07 bits per heavy atom. The van der Waals surface area contributed by atoms with E-state index in [1.54, 1.807) is 13.0 Å². The number of benzene rings is 2. The maximum absolute atomic E-state index is 12.3. The minimum atomic E-state index is -0.604. The Kier molecular flexibility index (Phi) is 7.01. The average Bonchev–Trinajstić information content (AvgIpc) is 2.76. The summed E-state index contributed by atoms with van der Waals surface area (Å²) < 4.78 is 7.24. The maximum Gasteiger partial charge on any atom is 0.266 e. The molecule has 1 aromatic heterocycles. The van der Waals surface area contributed by atoms with Crippen LogP contribution >= 0.6 is 0 Å². The van der Waals surface area contributed by atoms with Crippen molar-refractivity contribution in [2.75, 3.05) is 6.54 Å². The van der Waals surface area contributed by atoms with Crippen molar-refractivity contribution in [3.63, 3.8) is 0 Å². The number of rotatable bonds is 8. The lowest BCUT2D eigenvalue weighted by atomic mass is 10.1. The van der Waals surface area contributed by atoms with E-state index in [0.717, 1.165) is 22.4 Å². The summed E-state index contributed by atoms with van der Waals surface area (Å²) in [6.07, 6.45) is -0.0136. The summed E-state index contributed by atoms with van der Waals surface area (Å²) in [5, 5.41) is 7.30. The van der Waals surface area contributed by atoms with Crippen LogP contribution in [-0.4, -0.2) is 28.3 Å². The Morgan fingerprint density at radius 3 is 2.60 bits per heavy atom. The molecule has 0 saturated carbocycles. The Labute approximate surface area is 176 Å². The molecule has 1 N–H and O–H groups in total. The van der Waals surface area contributed by atoms with Gasteiger partial charge in [0.1, 0.15) is 5.75 Å². The molecule has 0 saturated heterocycles. The van der Waals surface area contributed by atoms with Crippen LogP contribution in [0.1, 0.15) is 24.5 Å². The number of carbonyl (C=O) groups is 1. The maximum atomic E-state index is 12.3. The largest absolute Gasteiger partial charge is 0.481 e. The molecule has 0 aliphatic carbocycles.